The fourth-order valence-electron chi connectivity index (χ4n) is 3.54. The van der Waals surface area contributed by atoms with E-state index in [-0.39, 0.29) is 18.3 Å². The molecule has 0 aliphatic heterocycles. The summed E-state index contributed by atoms with van der Waals surface area (Å²) in [6.45, 7) is 4.07. The summed E-state index contributed by atoms with van der Waals surface area (Å²) in [6.07, 6.45) is 8.50. The molecule has 0 saturated carbocycles. The molecule has 36 heavy (non-hydrogen) atoms. The number of nitrogens with one attached hydrogen (secondary N) is 1. The van der Waals surface area contributed by atoms with E-state index in [2.05, 4.69) is 10.3 Å². The minimum Gasteiger partial charge on any atom is -0.490 e. The Morgan fingerprint density at radius 3 is 2.53 bits per heavy atom. The van der Waals surface area contributed by atoms with Crippen molar-refractivity contribution in [1.29, 1.82) is 0 Å². The number of nitrogens with zero attached hydrogens (tertiary/aromatic N) is 2. The summed E-state index contributed by atoms with van der Waals surface area (Å²) in [5, 5.41) is 2.85. The molecular formula is C29H27N3O4. The lowest BCUT2D eigenvalue weighted by atomic mass is 10.1. The average molecular weight is 482 g/mol. The second-order valence-corrected chi connectivity index (χ2v) is 8.01. The van der Waals surface area contributed by atoms with Gasteiger partial charge in [-0.1, -0.05) is 30.3 Å². The molecule has 1 amide bonds. The van der Waals surface area contributed by atoms with Crippen molar-refractivity contribution in [3.05, 3.63) is 108 Å². The van der Waals surface area contributed by atoms with E-state index in [4.69, 9.17) is 9.47 Å². The molecule has 7 nitrogen and oxygen atoms in total. The Morgan fingerprint density at radius 1 is 1.00 bits per heavy atom. The van der Waals surface area contributed by atoms with E-state index >= 15 is 0 Å². The number of hydrogen-bond acceptors (Lipinski definition) is 5. The van der Waals surface area contributed by atoms with Crippen LogP contribution in [0, 0.1) is 6.92 Å². The van der Waals surface area contributed by atoms with Gasteiger partial charge in [0.2, 0.25) is 0 Å². The van der Waals surface area contributed by atoms with Crippen LogP contribution in [0.2, 0.25) is 0 Å². The number of ether oxygens (including phenoxy) is 2. The fourth-order valence-corrected chi connectivity index (χ4v) is 3.54. The van der Waals surface area contributed by atoms with E-state index in [0.717, 1.165) is 22.5 Å². The van der Waals surface area contributed by atoms with Crippen LogP contribution in [0.5, 0.6) is 11.5 Å². The second-order valence-electron chi connectivity index (χ2n) is 8.01. The van der Waals surface area contributed by atoms with Crippen molar-refractivity contribution in [1.82, 2.24) is 9.55 Å². The summed E-state index contributed by atoms with van der Waals surface area (Å²) < 4.78 is 13.3. The van der Waals surface area contributed by atoms with Crippen LogP contribution in [0.15, 0.2) is 91.5 Å². The van der Waals surface area contributed by atoms with Crippen LogP contribution in [-0.4, -0.2) is 34.5 Å². The maximum absolute atomic E-state index is 12.6. The van der Waals surface area contributed by atoms with Gasteiger partial charge in [0.1, 0.15) is 0 Å². The Kier molecular flexibility index (Phi) is 7.93. The topological polar surface area (TPSA) is 82.5 Å². The number of aromatic nitrogens is 2. The molecule has 1 N–H and O–H groups in total. The molecule has 0 bridgehead atoms. The normalized spacial score (nSPS) is 10.8. The Morgan fingerprint density at radius 2 is 1.81 bits per heavy atom. The Labute approximate surface area is 210 Å². The number of allylic oxidation sites excluding steroid dienone is 1. The van der Waals surface area contributed by atoms with Crippen molar-refractivity contribution in [2.45, 2.75) is 13.8 Å². The zero-order chi connectivity index (χ0) is 25.3. The van der Waals surface area contributed by atoms with Gasteiger partial charge >= 0.3 is 0 Å². The van der Waals surface area contributed by atoms with E-state index in [0.29, 0.717) is 23.7 Å². The summed E-state index contributed by atoms with van der Waals surface area (Å²) >= 11 is 0. The molecule has 0 saturated heterocycles. The van der Waals surface area contributed by atoms with Crippen LogP contribution in [0.1, 0.15) is 28.4 Å². The van der Waals surface area contributed by atoms with E-state index < -0.39 is 0 Å². The molecule has 0 aliphatic carbocycles. The van der Waals surface area contributed by atoms with E-state index in [1.807, 2.05) is 67.1 Å². The number of hydrogen-bond donors (Lipinski definition) is 1. The van der Waals surface area contributed by atoms with Crippen molar-refractivity contribution in [3.8, 4) is 17.2 Å². The first kappa shape index (κ1) is 24.5. The number of para-hydroxylation sites is 1. The van der Waals surface area contributed by atoms with Crippen LogP contribution in [0.25, 0.3) is 11.8 Å². The summed E-state index contributed by atoms with van der Waals surface area (Å²) in [7, 11) is 0. The van der Waals surface area contributed by atoms with E-state index in [1.54, 1.807) is 42.9 Å². The molecule has 0 unspecified atom stereocenters. The van der Waals surface area contributed by atoms with Gasteiger partial charge in [-0.3, -0.25) is 9.59 Å². The highest BCUT2D eigenvalue weighted by Gasteiger charge is 2.10. The standard InChI is InChI=1S/C29H27N3O4/c1-3-35-28-18-22(8-14-26(33)23-10-12-24(13-11-23)32-17-16-30-20-32)9-15-27(28)36-19-29(34)31-25-7-5-4-6-21(25)2/h4-18,20H,3,19H2,1-2H3,(H,31,34)/b14-8+. The third-order valence-electron chi connectivity index (χ3n) is 5.43. The molecule has 3 aromatic carbocycles. The molecule has 0 aliphatic rings. The van der Waals surface area contributed by atoms with Gasteiger partial charge in [-0.2, -0.15) is 0 Å². The minimum atomic E-state index is -0.264. The number of carbonyl (C=O) groups excluding carboxylic acids is 2. The van der Waals surface area contributed by atoms with Crippen LogP contribution < -0.4 is 14.8 Å². The first-order valence-corrected chi connectivity index (χ1v) is 11.6. The van der Waals surface area contributed by atoms with Gasteiger partial charge in [0.25, 0.3) is 5.91 Å². The minimum absolute atomic E-state index is 0.113. The Hall–Kier alpha value is -4.65. The van der Waals surface area contributed by atoms with Gasteiger partial charge in [0, 0.05) is 29.3 Å². The van der Waals surface area contributed by atoms with Gasteiger partial charge in [-0.15, -0.1) is 0 Å². The molecular weight excluding hydrogens is 454 g/mol. The van der Waals surface area contributed by atoms with Crippen molar-refractivity contribution < 1.29 is 19.1 Å². The summed E-state index contributed by atoms with van der Waals surface area (Å²) in [6, 6.07) is 20.2. The highest BCUT2D eigenvalue weighted by molar-refractivity contribution is 6.06. The first-order valence-electron chi connectivity index (χ1n) is 11.6. The quantitative estimate of drug-likeness (QED) is 0.239. The Balaban J connectivity index is 1.39. The van der Waals surface area contributed by atoms with Crippen LogP contribution in [0.4, 0.5) is 5.69 Å². The van der Waals surface area contributed by atoms with Crippen molar-refractivity contribution in [3.63, 3.8) is 0 Å². The van der Waals surface area contributed by atoms with Crippen molar-refractivity contribution in [2.75, 3.05) is 18.5 Å². The average Bonchev–Trinajstić information content (AvgIpc) is 3.43. The molecule has 1 heterocycles. The van der Waals surface area contributed by atoms with Crippen molar-refractivity contribution >= 4 is 23.5 Å². The lowest BCUT2D eigenvalue weighted by molar-refractivity contribution is -0.118. The highest BCUT2D eigenvalue weighted by atomic mass is 16.5. The number of ketones is 1. The van der Waals surface area contributed by atoms with Gasteiger partial charge in [0.15, 0.2) is 23.9 Å². The predicted octanol–water partition coefficient (Wildman–Crippen LogP) is 5.49. The number of aryl methyl sites for hydroxylation is 1. The molecule has 0 spiro atoms. The van der Waals surface area contributed by atoms with Gasteiger partial charge < -0.3 is 19.4 Å². The lowest BCUT2D eigenvalue weighted by Crippen LogP contribution is -2.20. The SMILES string of the molecule is CCOc1cc(/C=C/C(=O)c2ccc(-n3ccnc3)cc2)ccc1OCC(=O)Nc1ccccc1C. The summed E-state index contributed by atoms with van der Waals surface area (Å²) in [5.41, 5.74) is 4.01. The third kappa shape index (κ3) is 6.27. The second kappa shape index (κ2) is 11.7. The molecule has 0 fully saturated rings. The van der Waals surface area contributed by atoms with Gasteiger partial charge in [-0.05, 0) is 73.5 Å². The molecule has 0 atom stereocenters. The fraction of sp³-hybridized carbons (Fsp3) is 0.138. The lowest BCUT2D eigenvalue weighted by Gasteiger charge is -2.13. The summed E-state index contributed by atoms with van der Waals surface area (Å²) in [5.74, 6) is 0.578. The molecule has 182 valence electrons. The van der Waals surface area contributed by atoms with E-state index in [1.165, 1.54) is 6.08 Å². The zero-order valence-electron chi connectivity index (χ0n) is 20.2. The molecule has 1 aromatic heterocycles. The number of benzene rings is 3. The van der Waals surface area contributed by atoms with Crippen LogP contribution >= 0.6 is 0 Å². The highest BCUT2D eigenvalue weighted by Crippen LogP contribution is 2.29. The van der Waals surface area contributed by atoms with Gasteiger partial charge in [-0.25, -0.2) is 4.98 Å². The van der Waals surface area contributed by atoms with Crippen molar-refractivity contribution in [2.24, 2.45) is 0 Å². The Bertz CT molecular complexity index is 1360. The van der Waals surface area contributed by atoms with Crippen LogP contribution in [0.3, 0.4) is 0 Å². The predicted molar refractivity (Wildman–Crippen MR) is 140 cm³/mol. The third-order valence-corrected chi connectivity index (χ3v) is 5.43. The number of amides is 1. The molecule has 7 heteroatoms. The molecule has 0 radical (unpaired) electrons. The first-order chi connectivity index (χ1) is 17.5. The van der Waals surface area contributed by atoms with Gasteiger partial charge in [0.05, 0.1) is 12.9 Å². The maximum atomic E-state index is 12.6. The largest absolute Gasteiger partial charge is 0.490 e. The molecule has 4 aromatic rings. The monoisotopic (exact) mass is 481 g/mol. The number of rotatable bonds is 10. The number of anilines is 1. The molecule has 4 rings (SSSR count). The maximum Gasteiger partial charge on any atom is 0.262 e. The van der Waals surface area contributed by atoms with Crippen LogP contribution in [-0.2, 0) is 4.79 Å². The smallest absolute Gasteiger partial charge is 0.262 e. The summed E-state index contributed by atoms with van der Waals surface area (Å²) in [4.78, 5) is 29.0. The zero-order valence-corrected chi connectivity index (χ0v) is 20.2. The number of imidazole rings is 1. The number of carbonyl (C=O) groups is 2. The van der Waals surface area contributed by atoms with E-state index in [9.17, 15) is 9.59 Å².